The van der Waals surface area contributed by atoms with E-state index in [4.69, 9.17) is 27.9 Å². The fraction of sp³-hybridized carbons (Fsp3) is 0.304. The number of nitrogens with zero attached hydrogens (tertiary/aromatic N) is 1. The van der Waals surface area contributed by atoms with E-state index in [0.29, 0.717) is 47.5 Å². The molecule has 2 aliphatic rings. The number of nitrogens with one attached hydrogen (secondary N) is 1. The Morgan fingerprint density at radius 2 is 1.58 bits per heavy atom. The van der Waals surface area contributed by atoms with Crippen LogP contribution in [0, 0.1) is 0 Å². The summed E-state index contributed by atoms with van der Waals surface area (Å²) in [5.74, 6) is -1.86. The Hall–Kier alpha value is -2.38. The van der Waals surface area contributed by atoms with Crippen molar-refractivity contribution in [3.8, 4) is 0 Å². The van der Waals surface area contributed by atoms with Crippen LogP contribution in [0.15, 0.2) is 54.1 Å². The van der Waals surface area contributed by atoms with Gasteiger partial charge in [0.25, 0.3) is 5.91 Å². The van der Waals surface area contributed by atoms with Crippen LogP contribution in [0.5, 0.6) is 0 Å². The molecule has 2 aliphatic heterocycles. The lowest BCUT2D eigenvalue weighted by Crippen LogP contribution is -3.14. The van der Waals surface area contributed by atoms with Gasteiger partial charge in [0.15, 0.2) is 0 Å². The Bertz CT molecular complexity index is 999. The number of rotatable bonds is 5. The standard InChI is InChI=1S/C23H22Cl2N2O4/c24-17-5-1-15(2-6-17)20-19(21(28)16-3-7-18(25)8-4-16)22(29)23(30)27(20)10-9-26-11-13-31-14-12-26/h1-8,20,28H,9-14H2/b21-19+. The number of amides is 1. The molecule has 2 heterocycles. The third kappa shape index (κ3) is 4.62. The van der Waals surface area contributed by atoms with Crippen LogP contribution >= 0.6 is 23.2 Å². The maximum absolute atomic E-state index is 13.3. The van der Waals surface area contributed by atoms with Crippen molar-refractivity contribution >= 4 is 40.7 Å². The average molecular weight is 461 g/mol. The van der Waals surface area contributed by atoms with Gasteiger partial charge in [-0.3, -0.25) is 9.59 Å². The Kier molecular flexibility index (Phi) is 6.62. The molecule has 0 aliphatic carbocycles. The summed E-state index contributed by atoms with van der Waals surface area (Å²) >= 11 is 12.0. The van der Waals surface area contributed by atoms with Crippen molar-refractivity contribution in [3.63, 3.8) is 0 Å². The summed E-state index contributed by atoms with van der Waals surface area (Å²) in [7, 11) is 0. The second-order valence-corrected chi connectivity index (χ2v) is 8.52. The molecule has 0 saturated carbocycles. The van der Waals surface area contributed by atoms with Crippen LogP contribution < -0.4 is 10.0 Å². The SMILES string of the molecule is O=C1C(=O)N(CC[NH+]2CCOCC2)C(c2ccc(Cl)cc2)/C1=C(\[O-])c1ccc(Cl)cc1. The number of hydrogen-bond acceptors (Lipinski definition) is 4. The number of carbonyl (C=O) groups excluding carboxylic acids is 2. The van der Waals surface area contributed by atoms with Gasteiger partial charge in [0.1, 0.15) is 13.1 Å². The fourth-order valence-corrected chi connectivity index (χ4v) is 4.29. The highest BCUT2D eigenvalue weighted by molar-refractivity contribution is 6.46. The minimum absolute atomic E-state index is 0.0355. The van der Waals surface area contributed by atoms with Crippen LogP contribution in [-0.2, 0) is 14.3 Å². The number of hydrogen-bond donors (Lipinski definition) is 1. The molecule has 4 rings (SSSR count). The van der Waals surface area contributed by atoms with Crippen molar-refractivity contribution in [1.82, 2.24) is 4.90 Å². The van der Waals surface area contributed by atoms with Gasteiger partial charge in [-0.05, 0) is 35.4 Å². The molecular formula is C23H22Cl2N2O4. The van der Waals surface area contributed by atoms with Crippen molar-refractivity contribution in [3.05, 3.63) is 75.3 Å². The summed E-state index contributed by atoms with van der Waals surface area (Å²) in [6, 6.07) is 12.5. The molecular weight excluding hydrogens is 439 g/mol. The molecule has 0 spiro atoms. The van der Waals surface area contributed by atoms with E-state index in [9.17, 15) is 14.7 Å². The first kappa shape index (κ1) is 21.8. The Labute approximate surface area is 190 Å². The molecule has 1 amide bonds. The molecule has 2 aromatic rings. The van der Waals surface area contributed by atoms with Gasteiger partial charge in [-0.25, -0.2) is 0 Å². The highest BCUT2D eigenvalue weighted by Gasteiger charge is 2.44. The van der Waals surface area contributed by atoms with E-state index in [1.54, 1.807) is 48.5 Å². The average Bonchev–Trinajstić information content (AvgIpc) is 3.04. The van der Waals surface area contributed by atoms with Crippen LogP contribution in [0.3, 0.4) is 0 Å². The van der Waals surface area contributed by atoms with Gasteiger partial charge < -0.3 is 19.6 Å². The fourth-order valence-electron chi connectivity index (χ4n) is 4.04. The van der Waals surface area contributed by atoms with Crippen molar-refractivity contribution in [2.45, 2.75) is 6.04 Å². The van der Waals surface area contributed by atoms with Gasteiger partial charge in [0, 0.05) is 15.6 Å². The first-order valence-electron chi connectivity index (χ1n) is 10.1. The topological polar surface area (TPSA) is 74.1 Å². The number of halogens is 2. The number of carbonyl (C=O) groups is 2. The molecule has 2 saturated heterocycles. The lowest BCUT2D eigenvalue weighted by atomic mass is 9.95. The number of quaternary nitrogens is 1. The summed E-state index contributed by atoms with van der Waals surface area (Å²) in [5, 5.41) is 14.3. The lowest BCUT2D eigenvalue weighted by Gasteiger charge is -2.30. The van der Waals surface area contributed by atoms with E-state index in [-0.39, 0.29) is 5.57 Å². The molecule has 8 heteroatoms. The molecule has 2 fully saturated rings. The van der Waals surface area contributed by atoms with Gasteiger partial charge >= 0.3 is 0 Å². The van der Waals surface area contributed by atoms with E-state index in [0.717, 1.165) is 13.1 Å². The predicted molar refractivity (Wildman–Crippen MR) is 116 cm³/mol. The zero-order valence-corrected chi connectivity index (χ0v) is 18.3. The van der Waals surface area contributed by atoms with Crippen molar-refractivity contribution in [1.29, 1.82) is 0 Å². The van der Waals surface area contributed by atoms with Crippen LogP contribution in [0.25, 0.3) is 5.76 Å². The second-order valence-electron chi connectivity index (χ2n) is 7.64. The Balaban J connectivity index is 1.72. The number of likely N-dealkylation sites (tertiary alicyclic amines) is 1. The van der Waals surface area contributed by atoms with Gasteiger partial charge in [-0.2, -0.15) is 0 Å². The van der Waals surface area contributed by atoms with Crippen LogP contribution in [0.4, 0.5) is 0 Å². The smallest absolute Gasteiger partial charge is 0.295 e. The number of ketones is 1. The van der Waals surface area contributed by atoms with Gasteiger partial charge in [0.2, 0.25) is 5.78 Å². The molecule has 2 aromatic carbocycles. The zero-order valence-electron chi connectivity index (χ0n) is 16.8. The second kappa shape index (κ2) is 9.40. The monoisotopic (exact) mass is 460 g/mol. The normalized spacial score (nSPS) is 21.6. The maximum Gasteiger partial charge on any atom is 0.295 e. The summed E-state index contributed by atoms with van der Waals surface area (Å²) in [5.41, 5.74) is 0.963. The third-order valence-corrected chi connectivity index (χ3v) is 6.23. The number of benzene rings is 2. The molecule has 0 aromatic heterocycles. The molecule has 0 bridgehead atoms. The molecule has 31 heavy (non-hydrogen) atoms. The van der Waals surface area contributed by atoms with Crippen LogP contribution in [0.2, 0.25) is 10.0 Å². The van der Waals surface area contributed by atoms with E-state index in [1.807, 2.05) is 0 Å². The van der Waals surface area contributed by atoms with Gasteiger partial charge in [-0.1, -0.05) is 53.2 Å². The summed E-state index contributed by atoms with van der Waals surface area (Å²) in [6.45, 7) is 4.09. The van der Waals surface area contributed by atoms with E-state index in [2.05, 4.69) is 0 Å². The maximum atomic E-state index is 13.3. The molecule has 1 N–H and O–H groups in total. The predicted octanol–water partition coefficient (Wildman–Crippen LogP) is 1.13. The molecule has 0 radical (unpaired) electrons. The first-order chi connectivity index (χ1) is 15.0. The summed E-state index contributed by atoms with van der Waals surface area (Å²) in [6.07, 6.45) is 0. The highest BCUT2D eigenvalue weighted by atomic mass is 35.5. The highest BCUT2D eigenvalue weighted by Crippen LogP contribution is 2.38. The third-order valence-electron chi connectivity index (χ3n) is 5.73. The van der Waals surface area contributed by atoms with E-state index < -0.39 is 23.5 Å². The summed E-state index contributed by atoms with van der Waals surface area (Å²) in [4.78, 5) is 28.7. The quantitative estimate of drug-likeness (QED) is 0.412. The van der Waals surface area contributed by atoms with Crippen molar-refractivity contribution in [2.75, 3.05) is 39.4 Å². The first-order valence-corrected chi connectivity index (χ1v) is 10.9. The van der Waals surface area contributed by atoms with Gasteiger partial charge in [-0.15, -0.1) is 0 Å². The van der Waals surface area contributed by atoms with E-state index in [1.165, 1.54) is 9.80 Å². The zero-order chi connectivity index (χ0) is 22.0. The van der Waals surface area contributed by atoms with Crippen LogP contribution in [0.1, 0.15) is 17.2 Å². The van der Waals surface area contributed by atoms with Crippen molar-refractivity contribution < 1.29 is 24.3 Å². The lowest BCUT2D eigenvalue weighted by molar-refractivity contribution is -0.907. The van der Waals surface area contributed by atoms with Crippen LogP contribution in [-0.4, -0.2) is 56.0 Å². The Morgan fingerprint density at radius 1 is 1.00 bits per heavy atom. The largest absolute Gasteiger partial charge is 0.872 e. The summed E-state index contributed by atoms with van der Waals surface area (Å²) < 4.78 is 5.39. The Morgan fingerprint density at radius 3 is 2.19 bits per heavy atom. The number of morpholine rings is 1. The molecule has 162 valence electrons. The van der Waals surface area contributed by atoms with E-state index >= 15 is 0 Å². The molecule has 1 unspecified atom stereocenters. The van der Waals surface area contributed by atoms with Crippen molar-refractivity contribution in [2.24, 2.45) is 0 Å². The minimum atomic E-state index is -0.753. The molecule has 6 nitrogen and oxygen atoms in total. The minimum Gasteiger partial charge on any atom is -0.872 e. The van der Waals surface area contributed by atoms with Gasteiger partial charge in [0.05, 0.1) is 32.3 Å². The number of ether oxygens (including phenoxy) is 1. The molecule has 1 atom stereocenters. The number of Topliss-reactive ketones (excluding diaryl/α,β-unsaturated/α-hetero) is 1.